The molecule has 1 aromatic carbocycles. The van der Waals surface area contributed by atoms with Crippen molar-refractivity contribution in [3.63, 3.8) is 0 Å². The van der Waals surface area contributed by atoms with Crippen molar-refractivity contribution in [2.75, 3.05) is 13.6 Å². The summed E-state index contributed by atoms with van der Waals surface area (Å²) in [7, 11) is 2.08. The van der Waals surface area contributed by atoms with Crippen LogP contribution in [-0.4, -0.2) is 51.7 Å². The zero-order chi connectivity index (χ0) is 12.3. The number of carbonyl (C=O) groups is 1. The van der Waals surface area contributed by atoms with Gasteiger partial charge in [0, 0.05) is 18.0 Å². The van der Waals surface area contributed by atoms with Gasteiger partial charge >= 0.3 is 0 Å². The molecule has 1 N–H and O–H groups in total. The maximum absolute atomic E-state index is 12.5. The van der Waals surface area contributed by atoms with E-state index in [2.05, 4.69) is 22.1 Å². The van der Waals surface area contributed by atoms with Gasteiger partial charge in [-0.15, -0.1) is 0 Å². The smallest absolute Gasteiger partial charge is 0.276 e. The molecule has 1 amide bonds. The van der Waals surface area contributed by atoms with E-state index in [-0.39, 0.29) is 12.1 Å². The van der Waals surface area contributed by atoms with E-state index in [4.69, 9.17) is 0 Å². The number of hydrogen-bond donors (Lipinski definition) is 1. The molecule has 0 radical (unpaired) electrons. The number of rotatable bonds is 1. The summed E-state index contributed by atoms with van der Waals surface area (Å²) in [5.74, 6) is 0.0456. The van der Waals surface area contributed by atoms with Crippen molar-refractivity contribution in [1.29, 1.82) is 0 Å². The van der Waals surface area contributed by atoms with Crippen LogP contribution in [0.1, 0.15) is 16.9 Å². The van der Waals surface area contributed by atoms with Gasteiger partial charge in [-0.25, -0.2) is 0 Å². The number of fused-ring (bicyclic) bond motifs is 2. The van der Waals surface area contributed by atoms with Crippen LogP contribution in [0, 0.1) is 0 Å². The van der Waals surface area contributed by atoms with E-state index in [1.54, 1.807) is 0 Å². The summed E-state index contributed by atoms with van der Waals surface area (Å²) in [4.78, 5) is 16.7. The molecule has 0 spiro atoms. The van der Waals surface area contributed by atoms with Gasteiger partial charge in [-0.2, -0.15) is 5.10 Å². The standard InChI is InChI=1S/C13H14N4O/c1-16-8-6-11(16)17(7-8)13(18)12-9-4-2-3-5-10(9)14-15-12/h2-5,8,11H,6-7H2,1H3,(H,14,15)/t8-,11+/m0/s1. The molecule has 3 saturated heterocycles. The Hall–Kier alpha value is -1.88. The summed E-state index contributed by atoms with van der Waals surface area (Å²) in [6, 6.07) is 8.30. The highest BCUT2D eigenvalue weighted by Gasteiger charge is 2.50. The minimum Gasteiger partial charge on any atom is -0.320 e. The molecule has 2 atom stereocenters. The lowest BCUT2D eigenvalue weighted by Gasteiger charge is -2.37. The summed E-state index contributed by atoms with van der Waals surface area (Å²) < 4.78 is 0. The van der Waals surface area contributed by atoms with Crippen LogP contribution < -0.4 is 0 Å². The quantitative estimate of drug-likeness (QED) is 0.813. The van der Waals surface area contributed by atoms with Gasteiger partial charge in [0.2, 0.25) is 0 Å². The zero-order valence-electron chi connectivity index (χ0n) is 10.1. The molecule has 5 nitrogen and oxygen atoms in total. The molecule has 0 unspecified atom stereocenters. The fraction of sp³-hybridized carbons (Fsp3) is 0.385. The fourth-order valence-electron chi connectivity index (χ4n) is 3.06. The molecule has 5 rings (SSSR count). The molecular weight excluding hydrogens is 228 g/mol. The Morgan fingerprint density at radius 2 is 2.28 bits per heavy atom. The molecule has 5 heteroatoms. The van der Waals surface area contributed by atoms with Crippen molar-refractivity contribution in [2.45, 2.75) is 18.6 Å². The molecule has 0 aliphatic carbocycles. The van der Waals surface area contributed by atoms with Crippen LogP contribution in [0.5, 0.6) is 0 Å². The first kappa shape index (κ1) is 10.1. The number of para-hydroxylation sites is 1. The lowest BCUT2D eigenvalue weighted by molar-refractivity contribution is 0.0434. The molecule has 1 aromatic heterocycles. The topological polar surface area (TPSA) is 52.2 Å². The highest BCUT2D eigenvalue weighted by molar-refractivity contribution is 6.04. The van der Waals surface area contributed by atoms with Crippen LogP contribution in [0.3, 0.4) is 0 Å². The molecular formula is C13H14N4O. The number of aromatic nitrogens is 2. The number of hydrogen-bond acceptors (Lipinski definition) is 3. The largest absolute Gasteiger partial charge is 0.320 e. The molecule has 3 fully saturated rings. The van der Waals surface area contributed by atoms with E-state index in [1.807, 2.05) is 29.2 Å². The SMILES string of the molecule is CN1[C@H]2C[C@H]1N(C(=O)c1n[nH]c3ccccc13)C2. The first-order valence-electron chi connectivity index (χ1n) is 6.22. The summed E-state index contributed by atoms with van der Waals surface area (Å²) in [5, 5.41) is 8.02. The average molecular weight is 242 g/mol. The second-order valence-electron chi connectivity index (χ2n) is 5.11. The average Bonchev–Trinajstić information content (AvgIpc) is 3.09. The Kier molecular flexibility index (Phi) is 1.86. The number of benzene rings is 1. The van der Waals surface area contributed by atoms with Gasteiger partial charge in [0.25, 0.3) is 5.91 Å². The van der Waals surface area contributed by atoms with E-state index in [0.29, 0.717) is 11.7 Å². The second-order valence-corrected chi connectivity index (χ2v) is 5.11. The van der Waals surface area contributed by atoms with Gasteiger partial charge in [0.15, 0.2) is 5.69 Å². The van der Waals surface area contributed by atoms with Gasteiger partial charge in [-0.05, 0) is 19.5 Å². The van der Waals surface area contributed by atoms with Crippen molar-refractivity contribution in [2.24, 2.45) is 0 Å². The molecule has 2 aromatic rings. The molecule has 92 valence electrons. The van der Waals surface area contributed by atoms with E-state index < -0.39 is 0 Å². The minimum atomic E-state index is 0.0456. The molecule has 4 heterocycles. The van der Waals surface area contributed by atoms with Gasteiger partial charge in [0.05, 0.1) is 11.7 Å². The first-order valence-corrected chi connectivity index (χ1v) is 6.22. The van der Waals surface area contributed by atoms with Crippen molar-refractivity contribution in [1.82, 2.24) is 20.0 Å². The number of amides is 1. The van der Waals surface area contributed by atoms with Crippen molar-refractivity contribution >= 4 is 16.8 Å². The fourth-order valence-corrected chi connectivity index (χ4v) is 3.06. The maximum atomic E-state index is 12.5. The summed E-state index contributed by atoms with van der Waals surface area (Å²) >= 11 is 0. The van der Waals surface area contributed by atoms with Crippen LogP contribution >= 0.6 is 0 Å². The Labute approximate surface area is 104 Å². The van der Waals surface area contributed by atoms with E-state index in [0.717, 1.165) is 23.9 Å². The lowest BCUT2D eigenvalue weighted by Crippen LogP contribution is -2.50. The predicted molar refractivity (Wildman–Crippen MR) is 67.1 cm³/mol. The molecule has 3 aliphatic rings. The normalized spacial score (nSPS) is 26.6. The Balaban J connectivity index is 1.73. The van der Waals surface area contributed by atoms with Crippen molar-refractivity contribution in [3.05, 3.63) is 30.0 Å². The second kappa shape index (κ2) is 3.32. The van der Waals surface area contributed by atoms with Crippen molar-refractivity contribution < 1.29 is 4.79 Å². The third-order valence-corrected chi connectivity index (χ3v) is 4.23. The van der Waals surface area contributed by atoms with Crippen LogP contribution in [0.4, 0.5) is 0 Å². The summed E-state index contributed by atoms with van der Waals surface area (Å²) in [6.45, 7) is 0.835. The van der Waals surface area contributed by atoms with Crippen LogP contribution in [0.2, 0.25) is 0 Å². The Morgan fingerprint density at radius 3 is 3.00 bits per heavy atom. The van der Waals surface area contributed by atoms with Gasteiger partial charge in [0.1, 0.15) is 0 Å². The van der Waals surface area contributed by atoms with E-state index in [9.17, 15) is 4.79 Å². The third kappa shape index (κ3) is 1.14. The van der Waals surface area contributed by atoms with Gasteiger partial charge in [-0.1, -0.05) is 18.2 Å². The number of nitrogens with zero attached hydrogens (tertiary/aromatic N) is 3. The van der Waals surface area contributed by atoms with Crippen LogP contribution in [0.15, 0.2) is 24.3 Å². The van der Waals surface area contributed by atoms with Crippen LogP contribution in [-0.2, 0) is 0 Å². The lowest BCUT2D eigenvalue weighted by atomic mass is 10.1. The predicted octanol–water partition coefficient (Wildman–Crippen LogP) is 1.05. The number of likely N-dealkylation sites (N-methyl/N-ethyl adjacent to an activating group) is 1. The highest BCUT2D eigenvalue weighted by atomic mass is 16.2. The van der Waals surface area contributed by atoms with Crippen molar-refractivity contribution in [3.8, 4) is 0 Å². The van der Waals surface area contributed by atoms with E-state index in [1.165, 1.54) is 0 Å². The summed E-state index contributed by atoms with van der Waals surface area (Å²) in [6.07, 6.45) is 1.38. The number of aromatic amines is 1. The molecule has 2 bridgehead atoms. The third-order valence-electron chi connectivity index (χ3n) is 4.23. The highest BCUT2D eigenvalue weighted by Crippen LogP contribution is 2.36. The summed E-state index contributed by atoms with van der Waals surface area (Å²) in [5.41, 5.74) is 1.47. The molecule has 18 heavy (non-hydrogen) atoms. The minimum absolute atomic E-state index is 0.0456. The van der Waals surface area contributed by atoms with E-state index >= 15 is 0 Å². The van der Waals surface area contributed by atoms with Gasteiger partial charge in [-0.3, -0.25) is 14.8 Å². The van der Waals surface area contributed by atoms with Crippen LogP contribution in [0.25, 0.3) is 10.9 Å². The number of nitrogens with one attached hydrogen (secondary N) is 1. The zero-order valence-corrected chi connectivity index (χ0v) is 10.1. The van der Waals surface area contributed by atoms with Gasteiger partial charge < -0.3 is 4.90 Å². The monoisotopic (exact) mass is 242 g/mol. The molecule has 3 aliphatic heterocycles. The Morgan fingerprint density at radius 1 is 1.44 bits per heavy atom. The number of carbonyl (C=O) groups excluding carboxylic acids is 1. The Bertz CT molecular complexity index is 635. The maximum Gasteiger partial charge on any atom is 0.276 e. The molecule has 0 saturated carbocycles. The number of H-pyrrole nitrogens is 1. The first-order chi connectivity index (χ1) is 8.75.